The van der Waals surface area contributed by atoms with E-state index >= 15 is 0 Å². The van der Waals surface area contributed by atoms with Crippen molar-refractivity contribution >= 4 is 5.91 Å². The van der Waals surface area contributed by atoms with E-state index in [0.717, 1.165) is 37.0 Å². The van der Waals surface area contributed by atoms with Gasteiger partial charge in [0.15, 0.2) is 5.76 Å². The number of hydrogen-bond acceptors (Lipinski definition) is 3. The first-order valence-electron chi connectivity index (χ1n) is 6.67. The largest absolute Gasteiger partial charge is 0.456 e. The molecule has 1 aliphatic rings. The molecule has 2 N–H and O–H groups in total. The minimum Gasteiger partial charge on any atom is -0.456 e. The predicted molar refractivity (Wildman–Crippen MR) is 68.5 cm³/mol. The highest BCUT2D eigenvalue weighted by atomic mass is 16.4. The van der Waals surface area contributed by atoms with E-state index in [0.29, 0.717) is 12.3 Å². The summed E-state index contributed by atoms with van der Waals surface area (Å²) in [6, 6.07) is 1.78. The first kappa shape index (κ1) is 13.1. The van der Waals surface area contributed by atoms with Crippen LogP contribution in [0, 0.1) is 12.8 Å². The van der Waals surface area contributed by atoms with Crippen LogP contribution in [0.15, 0.2) is 10.5 Å². The molecule has 1 heterocycles. The molecule has 0 radical (unpaired) electrons. The molecule has 4 heteroatoms. The Morgan fingerprint density at radius 3 is 2.89 bits per heavy atom. The molecule has 1 aliphatic carbocycles. The van der Waals surface area contributed by atoms with Gasteiger partial charge in [0.05, 0.1) is 6.10 Å². The normalized spacial score (nSPS) is 23.3. The first-order chi connectivity index (χ1) is 8.61. The summed E-state index contributed by atoms with van der Waals surface area (Å²) in [5.41, 5.74) is 1.02. The summed E-state index contributed by atoms with van der Waals surface area (Å²) >= 11 is 0. The van der Waals surface area contributed by atoms with Crippen molar-refractivity contribution in [2.75, 3.05) is 6.54 Å². The molecule has 2 rings (SSSR count). The lowest BCUT2D eigenvalue weighted by Crippen LogP contribution is -2.32. The molecule has 1 fully saturated rings. The summed E-state index contributed by atoms with van der Waals surface area (Å²) in [7, 11) is 0. The second-order valence-corrected chi connectivity index (χ2v) is 5.04. The zero-order valence-corrected chi connectivity index (χ0v) is 11.0. The first-order valence-corrected chi connectivity index (χ1v) is 6.67. The van der Waals surface area contributed by atoms with Crippen LogP contribution in [0.2, 0.25) is 0 Å². The Bertz CT molecular complexity index is 425. The van der Waals surface area contributed by atoms with E-state index in [1.165, 1.54) is 0 Å². The quantitative estimate of drug-likeness (QED) is 0.860. The van der Waals surface area contributed by atoms with Gasteiger partial charge >= 0.3 is 0 Å². The topological polar surface area (TPSA) is 62.5 Å². The summed E-state index contributed by atoms with van der Waals surface area (Å²) in [6.07, 6.45) is 3.40. The summed E-state index contributed by atoms with van der Waals surface area (Å²) in [4.78, 5) is 11.9. The third-order valence-electron chi connectivity index (χ3n) is 3.71. The molecule has 0 saturated heterocycles. The number of rotatable bonds is 4. The second-order valence-electron chi connectivity index (χ2n) is 5.04. The number of nitrogens with one attached hydrogen (secondary N) is 1. The number of carbonyl (C=O) groups is 1. The highest BCUT2D eigenvalue weighted by Crippen LogP contribution is 2.24. The fourth-order valence-corrected chi connectivity index (χ4v) is 2.55. The number of amides is 1. The van der Waals surface area contributed by atoms with E-state index in [9.17, 15) is 9.90 Å². The molecule has 0 aliphatic heterocycles. The van der Waals surface area contributed by atoms with Crippen molar-refractivity contribution < 1.29 is 14.3 Å². The Morgan fingerprint density at radius 1 is 1.56 bits per heavy atom. The minimum absolute atomic E-state index is 0.183. The van der Waals surface area contributed by atoms with E-state index in [-0.39, 0.29) is 17.9 Å². The van der Waals surface area contributed by atoms with Crippen LogP contribution in [0.5, 0.6) is 0 Å². The van der Waals surface area contributed by atoms with Crippen LogP contribution >= 0.6 is 0 Å². The molecule has 1 aromatic heterocycles. The predicted octanol–water partition coefficient (Wildman–Crippen LogP) is 2.04. The Hall–Kier alpha value is -1.29. The maximum absolute atomic E-state index is 11.9. The van der Waals surface area contributed by atoms with Crippen LogP contribution in [-0.2, 0) is 6.42 Å². The van der Waals surface area contributed by atoms with Crippen molar-refractivity contribution in [1.29, 1.82) is 0 Å². The SMILES string of the molecule is CCc1oc(C(=O)NCC2CCCC2O)cc1C. The smallest absolute Gasteiger partial charge is 0.287 e. The average Bonchev–Trinajstić information content (AvgIpc) is 2.92. The molecule has 1 amide bonds. The van der Waals surface area contributed by atoms with Gasteiger partial charge in [-0.25, -0.2) is 0 Å². The number of aliphatic hydroxyl groups is 1. The van der Waals surface area contributed by atoms with Crippen molar-refractivity contribution in [3.63, 3.8) is 0 Å². The molecule has 4 nitrogen and oxygen atoms in total. The van der Waals surface area contributed by atoms with Gasteiger partial charge in [0.25, 0.3) is 5.91 Å². The van der Waals surface area contributed by atoms with E-state index in [1.54, 1.807) is 6.07 Å². The van der Waals surface area contributed by atoms with Crippen molar-refractivity contribution in [1.82, 2.24) is 5.32 Å². The molecule has 0 spiro atoms. The molecule has 2 atom stereocenters. The van der Waals surface area contributed by atoms with Crippen LogP contribution in [-0.4, -0.2) is 23.7 Å². The van der Waals surface area contributed by atoms with Crippen molar-refractivity contribution in [2.24, 2.45) is 5.92 Å². The van der Waals surface area contributed by atoms with Gasteiger partial charge in [-0.05, 0) is 31.4 Å². The molecule has 1 aromatic rings. The Morgan fingerprint density at radius 2 is 2.33 bits per heavy atom. The van der Waals surface area contributed by atoms with E-state index < -0.39 is 0 Å². The highest BCUT2D eigenvalue weighted by Gasteiger charge is 2.26. The van der Waals surface area contributed by atoms with Gasteiger partial charge in [0, 0.05) is 18.9 Å². The zero-order chi connectivity index (χ0) is 13.1. The lowest BCUT2D eigenvalue weighted by atomic mass is 10.1. The third kappa shape index (κ3) is 2.75. The van der Waals surface area contributed by atoms with Gasteiger partial charge in [-0.1, -0.05) is 13.3 Å². The van der Waals surface area contributed by atoms with Gasteiger partial charge in [-0.3, -0.25) is 4.79 Å². The fraction of sp³-hybridized carbons (Fsp3) is 0.643. The molecule has 100 valence electrons. The second kappa shape index (κ2) is 5.57. The molecule has 2 unspecified atom stereocenters. The fourth-order valence-electron chi connectivity index (χ4n) is 2.55. The van der Waals surface area contributed by atoms with Gasteiger partial charge in [-0.15, -0.1) is 0 Å². The van der Waals surface area contributed by atoms with Crippen LogP contribution < -0.4 is 5.32 Å². The summed E-state index contributed by atoms with van der Waals surface area (Å²) in [6.45, 7) is 4.48. The van der Waals surface area contributed by atoms with Crippen molar-refractivity contribution in [3.05, 3.63) is 23.2 Å². The van der Waals surface area contributed by atoms with Gasteiger partial charge in [0.1, 0.15) is 5.76 Å². The minimum atomic E-state index is -0.269. The lowest BCUT2D eigenvalue weighted by Gasteiger charge is -2.14. The highest BCUT2D eigenvalue weighted by molar-refractivity contribution is 5.91. The van der Waals surface area contributed by atoms with E-state index in [1.807, 2.05) is 13.8 Å². The molecular weight excluding hydrogens is 230 g/mol. The molecule has 1 saturated carbocycles. The summed E-state index contributed by atoms with van der Waals surface area (Å²) in [5.74, 6) is 1.24. The van der Waals surface area contributed by atoms with Crippen LogP contribution in [0.1, 0.15) is 48.1 Å². The maximum Gasteiger partial charge on any atom is 0.287 e. The standard InChI is InChI=1S/C14H21NO3/c1-3-12-9(2)7-13(18-12)14(17)15-8-10-5-4-6-11(10)16/h7,10-11,16H,3-6,8H2,1-2H3,(H,15,17). The Kier molecular flexibility index (Phi) is 4.07. The van der Waals surface area contributed by atoms with E-state index in [2.05, 4.69) is 5.32 Å². The number of hydrogen-bond donors (Lipinski definition) is 2. The number of aliphatic hydroxyl groups excluding tert-OH is 1. The van der Waals surface area contributed by atoms with Gasteiger partial charge in [-0.2, -0.15) is 0 Å². The molecule has 18 heavy (non-hydrogen) atoms. The van der Waals surface area contributed by atoms with Gasteiger partial charge in [0.2, 0.25) is 0 Å². The number of furan rings is 1. The Labute approximate surface area is 107 Å². The third-order valence-corrected chi connectivity index (χ3v) is 3.71. The Balaban J connectivity index is 1.91. The van der Waals surface area contributed by atoms with Crippen molar-refractivity contribution in [2.45, 2.75) is 45.6 Å². The lowest BCUT2D eigenvalue weighted by molar-refractivity contribution is 0.0888. The van der Waals surface area contributed by atoms with Crippen LogP contribution in [0.25, 0.3) is 0 Å². The monoisotopic (exact) mass is 251 g/mol. The molecule has 0 bridgehead atoms. The van der Waals surface area contributed by atoms with Crippen LogP contribution in [0.4, 0.5) is 0 Å². The van der Waals surface area contributed by atoms with Crippen LogP contribution in [0.3, 0.4) is 0 Å². The average molecular weight is 251 g/mol. The molecular formula is C14H21NO3. The zero-order valence-electron chi connectivity index (χ0n) is 11.0. The number of aryl methyl sites for hydroxylation is 2. The molecule has 0 aromatic carbocycles. The summed E-state index contributed by atoms with van der Waals surface area (Å²) in [5, 5.41) is 12.5. The van der Waals surface area contributed by atoms with Crippen molar-refractivity contribution in [3.8, 4) is 0 Å². The van der Waals surface area contributed by atoms with Gasteiger partial charge < -0.3 is 14.8 Å². The number of carbonyl (C=O) groups excluding carboxylic acids is 1. The van der Waals surface area contributed by atoms with E-state index in [4.69, 9.17) is 4.42 Å². The maximum atomic E-state index is 11.9. The summed E-state index contributed by atoms with van der Waals surface area (Å²) < 4.78 is 5.49.